The molecule has 0 saturated carbocycles. The fourth-order valence-electron chi connectivity index (χ4n) is 6.07. The predicted molar refractivity (Wildman–Crippen MR) is 193 cm³/mol. The molecule has 2 N–H and O–H groups in total. The van der Waals surface area contributed by atoms with Crippen molar-refractivity contribution in [2.24, 2.45) is 0 Å². The van der Waals surface area contributed by atoms with Gasteiger partial charge in [0.2, 0.25) is 0 Å². The molecule has 0 fully saturated rings. The van der Waals surface area contributed by atoms with Crippen molar-refractivity contribution in [3.05, 3.63) is 95.9 Å². The summed E-state index contributed by atoms with van der Waals surface area (Å²) >= 11 is 0. The summed E-state index contributed by atoms with van der Waals surface area (Å²) in [6.45, 7) is 1.61. The summed E-state index contributed by atoms with van der Waals surface area (Å²) in [5.41, 5.74) is 2.95. The van der Waals surface area contributed by atoms with Crippen LogP contribution in [0, 0.1) is 10.8 Å². The lowest BCUT2D eigenvalue weighted by atomic mass is 10.1. The molecule has 230 valence electrons. The third kappa shape index (κ3) is 7.83. The first-order chi connectivity index (χ1) is 20.7. The molecule has 0 amide bonds. The lowest BCUT2D eigenvalue weighted by molar-refractivity contribution is 0.489. The van der Waals surface area contributed by atoms with Gasteiger partial charge in [-0.15, -0.1) is 34.0 Å². The minimum Gasteiger partial charge on any atom is -0.283 e. The van der Waals surface area contributed by atoms with Gasteiger partial charge in [-0.05, 0) is 35.7 Å². The van der Waals surface area contributed by atoms with E-state index in [9.17, 15) is 0 Å². The van der Waals surface area contributed by atoms with Crippen molar-refractivity contribution in [1.29, 1.82) is 10.8 Å². The van der Waals surface area contributed by atoms with E-state index in [1.54, 1.807) is 0 Å². The molecule has 6 rings (SSSR count). The van der Waals surface area contributed by atoms with Gasteiger partial charge in [0.05, 0.1) is 11.0 Å². The van der Waals surface area contributed by atoms with Crippen molar-refractivity contribution < 1.29 is 0 Å². The van der Waals surface area contributed by atoms with Crippen LogP contribution in [0.25, 0.3) is 43.4 Å². The summed E-state index contributed by atoms with van der Waals surface area (Å²) in [5.74, 6) is 0. The Morgan fingerprint density at radius 1 is 0.432 bits per heavy atom. The van der Waals surface area contributed by atoms with Gasteiger partial charge in [0.25, 0.3) is 0 Å². The summed E-state index contributed by atoms with van der Waals surface area (Å²) in [6.07, 6.45) is 12.1. The topological polar surface area (TPSA) is 83.3 Å². The first-order valence-corrected chi connectivity index (χ1v) is 15.6. The number of benzene rings is 4. The molecule has 0 aliphatic carbocycles. The van der Waals surface area contributed by atoms with E-state index in [1.165, 1.54) is 62.1 Å². The fraction of sp³-hybridized carbons (Fsp3) is 0.333. The van der Waals surface area contributed by atoms with Crippen LogP contribution in [-0.4, -0.2) is 19.6 Å². The molecule has 0 aliphatic heterocycles. The lowest BCUT2D eigenvalue weighted by Gasteiger charge is -2.10. The maximum atomic E-state index is 8.41. The Morgan fingerprint density at radius 2 is 0.773 bits per heavy atom. The monoisotopic (exact) mass is 716 g/mol. The van der Waals surface area contributed by atoms with E-state index in [-0.39, 0.29) is 34.0 Å². The average molecular weight is 719 g/mol. The van der Waals surface area contributed by atoms with E-state index in [0.29, 0.717) is 11.0 Å². The fourth-order valence-corrected chi connectivity index (χ4v) is 6.07. The lowest BCUT2D eigenvalue weighted by Crippen LogP contribution is -2.22. The van der Waals surface area contributed by atoms with Crippen LogP contribution in [0.3, 0.4) is 0 Å². The molecule has 0 aliphatic rings. The molecular formula is C36H42Br2N6. The van der Waals surface area contributed by atoms with Crippen LogP contribution in [0.2, 0.25) is 0 Å². The molecule has 0 unspecified atom stereocenters. The second-order valence-corrected chi connectivity index (χ2v) is 11.5. The number of aryl methyl sites for hydroxylation is 2. The molecule has 0 bridgehead atoms. The van der Waals surface area contributed by atoms with Crippen LogP contribution in [0.15, 0.2) is 84.9 Å². The van der Waals surface area contributed by atoms with Gasteiger partial charge in [0, 0.05) is 34.6 Å². The molecule has 8 heteroatoms. The zero-order chi connectivity index (χ0) is 28.7. The van der Waals surface area contributed by atoms with Crippen molar-refractivity contribution in [2.75, 3.05) is 0 Å². The smallest absolute Gasteiger partial charge is 0.141 e. The highest BCUT2D eigenvalue weighted by Crippen LogP contribution is 2.23. The summed E-state index contributed by atoms with van der Waals surface area (Å²) in [5, 5.41) is 33.3. The highest BCUT2D eigenvalue weighted by atomic mass is 79.9. The Kier molecular flexibility index (Phi) is 12.3. The highest BCUT2D eigenvalue weighted by molar-refractivity contribution is 8.93. The molecular weight excluding hydrogens is 676 g/mol. The molecule has 4 aromatic carbocycles. The molecule has 0 spiro atoms. The second kappa shape index (κ2) is 16.1. The third-order valence-corrected chi connectivity index (χ3v) is 8.44. The maximum Gasteiger partial charge on any atom is 0.141 e. The van der Waals surface area contributed by atoms with Gasteiger partial charge >= 0.3 is 0 Å². The van der Waals surface area contributed by atoms with Crippen LogP contribution in [-0.2, 0) is 13.1 Å². The number of rotatable bonds is 13. The second-order valence-electron chi connectivity index (χ2n) is 11.5. The molecule has 6 nitrogen and oxygen atoms in total. The highest BCUT2D eigenvalue weighted by Gasteiger charge is 2.06. The average Bonchev–Trinajstić information content (AvgIpc) is 3.01. The molecule has 6 aromatic rings. The number of fused-ring (bicyclic) bond motifs is 6. The van der Waals surface area contributed by atoms with E-state index < -0.39 is 0 Å². The Bertz CT molecular complexity index is 1820. The molecule has 0 atom stereocenters. The first kappa shape index (κ1) is 33.5. The number of aromatic nitrogens is 4. The van der Waals surface area contributed by atoms with Crippen molar-refractivity contribution in [3.8, 4) is 0 Å². The minimum atomic E-state index is 0. The van der Waals surface area contributed by atoms with E-state index in [0.717, 1.165) is 58.5 Å². The number of nitrogens with zero attached hydrogens (tertiary/aromatic N) is 4. The quantitative estimate of drug-likeness (QED) is 0.0922. The van der Waals surface area contributed by atoms with Crippen LogP contribution in [0.5, 0.6) is 0 Å². The maximum absolute atomic E-state index is 8.41. The molecule has 0 saturated heterocycles. The number of nitrogens with one attached hydrogen (secondary N) is 2. The van der Waals surface area contributed by atoms with Crippen molar-refractivity contribution in [2.45, 2.75) is 77.3 Å². The van der Waals surface area contributed by atoms with Gasteiger partial charge in [-0.25, -0.2) is 9.36 Å². The van der Waals surface area contributed by atoms with E-state index >= 15 is 0 Å². The van der Waals surface area contributed by atoms with Gasteiger partial charge in [-0.1, -0.05) is 124 Å². The number of hydrogen-bond donors (Lipinski definition) is 2. The minimum absolute atomic E-state index is 0. The third-order valence-electron chi connectivity index (χ3n) is 8.44. The van der Waals surface area contributed by atoms with Gasteiger partial charge in [-0.2, -0.15) is 10.2 Å². The van der Waals surface area contributed by atoms with E-state index in [4.69, 9.17) is 21.0 Å². The molecule has 0 radical (unpaired) electrons. The van der Waals surface area contributed by atoms with Gasteiger partial charge < -0.3 is 0 Å². The largest absolute Gasteiger partial charge is 0.283 e. The molecule has 2 heterocycles. The Balaban J connectivity index is 0.00000221. The van der Waals surface area contributed by atoms with Gasteiger partial charge in [0.1, 0.15) is 11.0 Å². The zero-order valence-electron chi connectivity index (χ0n) is 25.2. The van der Waals surface area contributed by atoms with E-state index in [2.05, 4.69) is 72.8 Å². The van der Waals surface area contributed by atoms with Crippen molar-refractivity contribution >= 4 is 77.3 Å². The predicted octanol–water partition coefficient (Wildman–Crippen LogP) is 9.41. The van der Waals surface area contributed by atoms with Gasteiger partial charge in [-0.3, -0.25) is 10.8 Å². The van der Waals surface area contributed by atoms with Crippen LogP contribution >= 0.6 is 34.0 Å². The number of hydrogen-bond acceptors (Lipinski definition) is 4. The normalized spacial score (nSPS) is 11.2. The Morgan fingerprint density at radius 3 is 1.18 bits per heavy atom. The summed E-state index contributed by atoms with van der Waals surface area (Å²) in [4.78, 5) is 0. The Hall–Kier alpha value is -3.36. The molecule has 2 aromatic heterocycles. The first-order valence-electron chi connectivity index (χ1n) is 15.6. The summed E-state index contributed by atoms with van der Waals surface area (Å²) in [6, 6.07) is 29.0. The van der Waals surface area contributed by atoms with Crippen molar-refractivity contribution in [3.63, 3.8) is 0 Å². The summed E-state index contributed by atoms with van der Waals surface area (Å²) in [7, 11) is 0. The number of halogens is 2. The summed E-state index contributed by atoms with van der Waals surface area (Å²) < 4.78 is 3.73. The SMILES string of the molecule is Br.Br.N=c1cc2ccc3ccccc3c2nn1CCCCCCCCCCCCn1nc2c(ccc3ccccc32)cc1=N. The van der Waals surface area contributed by atoms with E-state index in [1.807, 2.05) is 21.5 Å². The molecule has 44 heavy (non-hydrogen) atoms. The zero-order valence-corrected chi connectivity index (χ0v) is 28.6. The van der Waals surface area contributed by atoms with Gasteiger partial charge in [0.15, 0.2) is 0 Å². The van der Waals surface area contributed by atoms with Crippen LogP contribution in [0.1, 0.15) is 64.2 Å². The van der Waals surface area contributed by atoms with Crippen LogP contribution < -0.4 is 11.0 Å². The standard InChI is InChI=1S/C36H40N6.2BrH/c37-33-25-29-21-19-27-15-9-11-17-31(27)35(29)39-41(33)23-13-7-5-3-1-2-4-6-8-14-24-42-34(38)26-30-22-20-28-16-10-12-18-32(28)36(30)40-42;;/h9-12,15-22,25-26,37-38H,1-8,13-14,23-24H2;2*1H. The number of unbranched alkanes of at least 4 members (excludes halogenated alkanes) is 9. The van der Waals surface area contributed by atoms with Crippen LogP contribution in [0.4, 0.5) is 0 Å². The van der Waals surface area contributed by atoms with Crippen molar-refractivity contribution in [1.82, 2.24) is 19.6 Å². The Labute approximate surface area is 279 Å².